The van der Waals surface area contributed by atoms with Gasteiger partial charge in [0.25, 0.3) is 11.6 Å². The molecule has 0 radical (unpaired) electrons. The summed E-state index contributed by atoms with van der Waals surface area (Å²) in [5.41, 5.74) is 3.09. The van der Waals surface area contributed by atoms with Crippen molar-refractivity contribution in [3.05, 3.63) is 110 Å². The average Bonchev–Trinajstić information content (AvgIpc) is 3.28. The van der Waals surface area contributed by atoms with Crippen LogP contribution in [0.5, 0.6) is 0 Å². The lowest BCUT2D eigenvalue weighted by Crippen LogP contribution is -2.31. The summed E-state index contributed by atoms with van der Waals surface area (Å²) < 4.78 is 2.55. The highest BCUT2D eigenvalue weighted by Crippen LogP contribution is 2.37. The van der Waals surface area contributed by atoms with Gasteiger partial charge in [-0.05, 0) is 36.8 Å². The van der Waals surface area contributed by atoms with E-state index in [0.29, 0.717) is 34.3 Å². The van der Waals surface area contributed by atoms with E-state index < -0.39 is 11.0 Å². The summed E-state index contributed by atoms with van der Waals surface area (Å²) in [6.07, 6.45) is 0. The van der Waals surface area contributed by atoms with E-state index in [1.54, 1.807) is 16.8 Å². The quantitative estimate of drug-likeness (QED) is 0.258. The average molecular weight is 531 g/mol. The van der Waals surface area contributed by atoms with E-state index in [9.17, 15) is 14.9 Å². The fourth-order valence-corrected chi connectivity index (χ4v) is 4.26. The predicted molar refractivity (Wildman–Crippen MR) is 136 cm³/mol. The molecular weight excluding hydrogens is 512 g/mol. The summed E-state index contributed by atoms with van der Waals surface area (Å²) in [5, 5.41) is 22.1. The number of hydrogen-bond acceptors (Lipinski definition) is 6. The fourth-order valence-electron chi connectivity index (χ4n) is 4.00. The Hall–Kier alpha value is -4.31. The van der Waals surface area contributed by atoms with Gasteiger partial charge >= 0.3 is 0 Å². The molecular formula is C25H19BrN6O3. The second-order valence-corrected chi connectivity index (χ2v) is 8.86. The van der Waals surface area contributed by atoms with Crippen LogP contribution in [0.2, 0.25) is 0 Å². The Morgan fingerprint density at radius 3 is 2.54 bits per heavy atom. The van der Waals surface area contributed by atoms with Crippen LogP contribution in [0.15, 0.2) is 94.6 Å². The number of nitrogens with zero attached hydrogens (tertiary/aromatic N) is 4. The highest BCUT2D eigenvalue weighted by molar-refractivity contribution is 9.10. The van der Waals surface area contributed by atoms with Crippen LogP contribution in [-0.4, -0.2) is 25.6 Å². The molecule has 4 aromatic rings. The number of hydrogen-bond donors (Lipinski definition) is 2. The number of fused-ring (bicyclic) bond motifs is 1. The lowest BCUT2D eigenvalue weighted by Gasteiger charge is -2.28. The number of anilines is 2. The van der Waals surface area contributed by atoms with Crippen LogP contribution in [0, 0.1) is 10.1 Å². The Kier molecular flexibility index (Phi) is 5.87. The van der Waals surface area contributed by atoms with Crippen LogP contribution in [0.3, 0.4) is 0 Å². The first kappa shape index (κ1) is 22.5. The number of benzene rings is 3. The van der Waals surface area contributed by atoms with E-state index in [1.165, 1.54) is 12.1 Å². The van der Waals surface area contributed by atoms with Gasteiger partial charge in [0.2, 0.25) is 5.95 Å². The minimum atomic E-state index is -0.567. The first-order valence-electron chi connectivity index (χ1n) is 10.7. The Morgan fingerprint density at radius 1 is 1.09 bits per heavy atom. The minimum Gasteiger partial charge on any atom is -0.328 e. The van der Waals surface area contributed by atoms with Gasteiger partial charge in [0.1, 0.15) is 6.04 Å². The number of halogens is 1. The van der Waals surface area contributed by atoms with Gasteiger partial charge < -0.3 is 10.6 Å². The van der Waals surface area contributed by atoms with Gasteiger partial charge in [-0.3, -0.25) is 14.9 Å². The third-order valence-electron chi connectivity index (χ3n) is 5.63. The predicted octanol–water partition coefficient (Wildman–Crippen LogP) is 5.54. The standard InChI is InChI=1S/C25H19BrN6O3/c1-15-21(24(33)28-19-7-3-2-4-8-19)22(16-10-12-18(26)13-11-16)31-25(27-15)29-23(30-31)17-6-5-9-20(14-17)32(34)35/h2-14,22H,1H3,(H,28,33)(H,27,29,30). The Bertz CT molecular complexity index is 1460. The van der Waals surface area contributed by atoms with Crippen LogP contribution < -0.4 is 10.6 Å². The monoisotopic (exact) mass is 530 g/mol. The molecule has 35 heavy (non-hydrogen) atoms. The number of rotatable bonds is 5. The molecule has 2 heterocycles. The van der Waals surface area contributed by atoms with E-state index in [-0.39, 0.29) is 11.6 Å². The lowest BCUT2D eigenvalue weighted by molar-refractivity contribution is -0.384. The third kappa shape index (κ3) is 4.43. The van der Waals surface area contributed by atoms with Crippen molar-refractivity contribution in [3.8, 4) is 11.4 Å². The van der Waals surface area contributed by atoms with Crippen LogP contribution >= 0.6 is 15.9 Å². The number of nitro groups is 1. The maximum Gasteiger partial charge on any atom is 0.270 e. The van der Waals surface area contributed by atoms with Gasteiger partial charge in [0.15, 0.2) is 5.82 Å². The molecule has 3 aromatic carbocycles. The van der Waals surface area contributed by atoms with Crippen molar-refractivity contribution in [2.75, 3.05) is 10.6 Å². The summed E-state index contributed by atoms with van der Waals surface area (Å²) in [6, 6.07) is 22.4. The summed E-state index contributed by atoms with van der Waals surface area (Å²) in [5.74, 6) is 0.483. The maximum absolute atomic E-state index is 13.5. The summed E-state index contributed by atoms with van der Waals surface area (Å²) in [4.78, 5) is 28.9. The normalized spacial score (nSPS) is 14.7. The molecule has 0 fully saturated rings. The van der Waals surface area contributed by atoms with Gasteiger partial charge in [0.05, 0.1) is 10.5 Å². The fraction of sp³-hybridized carbons (Fsp3) is 0.0800. The summed E-state index contributed by atoms with van der Waals surface area (Å²) >= 11 is 3.46. The molecule has 10 heteroatoms. The van der Waals surface area contributed by atoms with Crippen molar-refractivity contribution >= 4 is 39.2 Å². The second-order valence-electron chi connectivity index (χ2n) is 7.95. The van der Waals surface area contributed by atoms with Crippen molar-refractivity contribution in [3.63, 3.8) is 0 Å². The maximum atomic E-state index is 13.5. The Labute approximate surface area is 208 Å². The largest absolute Gasteiger partial charge is 0.328 e. The molecule has 0 spiro atoms. The third-order valence-corrected chi connectivity index (χ3v) is 6.16. The van der Waals surface area contributed by atoms with Crippen LogP contribution in [-0.2, 0) is 4.79 Å². The number of non-ortho nitro benzene ring substituents is 1. The van der Waals surface area contributed by atoms with Crippen molar-refractivity contribution in [2.45, 2.75) is 13.0 Å². The molecule has 174 valence electrons. The van der Waals surface area contributed by atoms with E-state index in [1.807, 2.05) is 61.5 Å². The van der Waals surface area contributed by atoms with Crippen molar-refractivity contribution < 1.29 is 9.72 Å². The molecule has 2 N–H and O–H groups in total. The van der Waals surface area contributed by atoms with Crippen LogP contribution in [0.25, 0.3) is 11.4 Å². The van der Waals surface area contributed by atoms with Gasteiger partial charge in [0, 0.05) is 33.6 Å². The summed E-state index contributed by atoms with van der Waals surface area (Å²) in [6.45, 7) is 1.82. The zero-order valence-electron chi connectivity index (χ0n) is 18.5. The molecule has 0 aliphatic carbocycles. The number of aromatic nitrogens is 3. The molecule has 1 aliphatic rings. The molecule has 5 rings (SSSR count). The van der Waals surface area contributed by atoms with Crippen molar-refractivity contribution in [2.24, 2.45) is 0 Å². The molecule has 1 aromatic heterocycles. The molecule has 1 aliphatic heterocycles. The van der Waals surface area contributed by atoms with E-state index >= 15 is 0 Å². The Morgan fingerprint density at radius 2 is 1.83 bits per heavy atom. The van der Waals surface area contributed by atoms with Gasteiger partial charge in [-0.25, -0.2) is 4.68 Å². The number of para-hydroxylation sites is 1. The Balaban J connectivity index is 1.60. The topological polar surface area (TPSA) is 115 Å². The van der Waals surface area contributed by atoms with Crippen molar-refractivity contribution in [1.29, 1.82) is 0 Å². The molecule has 0 saturated carbocycles. The number of nitrogens with one attached hydrogen (secondary N) is 2. The molecule has 1 amide bonds. The SMILES string of the molecule is CC1=C(C(=O)Nc2ccccc2)C(c2ccc(Br)cc2)n2nc(-c3cccc([N+](=O)[O-])c3)nc2N1. The van der Waals surface area contributed by atoms with E-state index in [4.69, 9.17) is 0 Å². The van der Waals surface area contributed by atoms with E-state index in [0.717, 1.165) is 10.0 Å². The van der Waals surface area contributed by atoms with Gasteiger partial charge in [-0.15, -0.1) is 5.10 Å². The molecule has 9 nitrogen and oxygen atoms in total. The number of allylic oxidation sites excluding steroid dienone is 1. The highest BCUT2D eigenvalue weighted by atomic mass is 79.9. The van der Waals surface area contributed by atoms with Crippen LogP contribution in [0.4, 0.5) is 17.3 Å². The highest BCUT2D eigenvalue weighted by Gasteiger charge is 2.34. The smallest absolute Gasteiger partial charge is 0.270 e. The zero-order chi connectivity index (χ0) is 24.5. The summed E-state index contributed by atoms with van der Waals surface area (Å²) in [7, 11) is 0. The molecule has 0 saturated heterocycles. The first-order chi connectivity index (χ1) is 16.9. The zero-order valence-corrected chi connectivity index (χ0v) is 20.1. The number of amides is 1. The molecule has 0 bridgehead atoms. The molecule has 1 atom stereocenters. The van der Waals surface area contributed by atoms with Gasteiger partial charge in [-0.1, -0.05) is 58.4 Å². The van der Waals surface area contributed by atoms with E-state index in [2.05, 4.69) is 36.6 Å². The molecule has 1 unspecified atom stereocenters. The minimum absolute atomic E-state index is 0.0510. The second kappa shape index (κ2) is 9.15. The first-order valence-corrected chi connectivity index (χ1v) is 11.5. The van der Waals surface area contributed by atoms with Crippen molar-refractivity contribution in [1.82, 2.24) is 14.8 Å². The lowest BCUT2D eigenvalue weighted by atomic mass is 9.95. The number of nitro benzene ring substituents is 1. The van der Waals surface area contributed by atoms with Crippen LogP contribution in [0.1, 0.15) is 18.5 Å². The van der Waals surface area contributed by atoms with Gasteiger partial charge in [-0.2, -0.15) is 4.98 Å². The number of carbonyl (C=O) groups excluding carboxylic acids is 1. The number of carbonyl (C=O) groups is 1.